The monoisotopic (exact) mass is 378 g/mol. The predicted molar refractivity (Wildman–Crippen MR) is 91.0 cm³/mol. The van der Waals surface area contributed by atoms with Crippen LogP contribution in [0.4, 0.5) is 13.2 Å². The van der Waals surface area contributed by atoms with Gasteiger partial charge in [-0.3, -0.25) is 9.59 Å². The van der Waals surface area contributed by atoms with Crippen molar-refractivity contribution in [1.82, 2.24) is 4.90 Å². The van der Waals surface area contributed by atoms with Crippen LogP contribution in [0.5, 0.6) is 0 Å². The number of nitrogens with zero attached hydrogens (tertiary/aromatic N) is 1. The van der Waals surface area contributed by atoms with Gasteiger partial charge in [0, 0.05) is 17.7 Å². The zero-order valence-electron chi connectivity index (χ0n) is 14.2. The van der Waals surface area contributed by atoms with Crippen LogP contribution in [0.25, 0.3) is 0 Å². The molecule has 3 N–H and O–H groups in total. The number of primary amides is 1. The zero-order chi connectivity index (χ0) is 19.8. The second-order valence-electron chi connectivity index (χ2n) is 6.37. The number of amides is 2. The van der Waals surface area contributed by atoms with Crippen molar-refractivity contribution in [2.24, 2.45) is 5.73 Å². The first-order valence-electron chi connectivity index (χ1n) is 8.24. The van der Waals surface area contributed by atoms with Gasteiger partial charge in [-0.1, -0.05) is 6.07 Å². The molecule has 142 valence electrons. The molecule has 2 amide bonds. The molecule has 8 heteroatoms. The van der Waals surface area contributed by atoms with Crippen LogP contribution < -0.4 is 5.73 Å². The van der Waals surface area contributed by atoms with Gasteiger partial charge in [-0.25, -0.2) is 0 Å². The molecule has 0 saturated carbocycles. The first-order valence-corrected chi connectivity index (χ1v) is 8.24. The van der Waals surface area contributed by atoms with Crippen molar-refractivity contribution < 1.29 is 27.9 Å². The lowest BCUT2D eigenvalue weighted by molar-refractivity contribution is -0.137. The number of alkyl halides is 3. The highest BCUT2D eigenvalue weighted by molar-refractivity contribution is 5.94. The third kappa shape index (κ3) is 3.95. The molecule has 0 fully saturated rings. The Kier molecular flexibility index (Phi) is 4.93. The number of aliphatic hydroxyl groups is 1. The number of rotatable bonds is 2. The van der Waals surface area contributed by atoms with E-state index in [0.717, 1.165) is 24.3 Å². The molecule has 0 spiro atoms. The van der Waals surface area contributed by atoms with Gasteiger partial charge < -0.3 is 15.7 Å². The molecule has 1 atom stereocenters. The lowest BCUT2D eigenvalue weighted by Gasteiger charge is -2.22. The molecule has 0 aliphatic carbocycles. The number of carbonyl (C=O) groups is 2. The molecule has 27 heavy (non-hydrogen) atoms. The maximum absolute atomic E-state index is 12.7. The highest BCUT2D eigenvalue weighted by atomic mass is 19.4. The van der Waals surface area contributed by atoms with Crippen LogP contribution in [0.1, 0.15) is 43.5 Å². The topological polar surface area (TPSA) is 83.6 Å². The van der Waals surface area contributed by atoms with Crippen LogP contribution in [0.2, 0.25) is 0 Å². The second-order valence-corrected chi connectivity index (χ2v) is 6.37. The van der Waals surface area contributed by atoms with E-state index in [1.807, 2.05) is 0 Å². The highest BCUT2D eigenvalue weighted by Gasteiger charge is 2.31. The number of carbonyl (C=O) groups excluding carboxylic acids is 2. The first-order chi connectivity index (χ1) is 12.7. The lowest BCUT2D eigenvalue weighted by atomic mass is 9.98. The first kappa shape index (κ1) is 18.9. The molecule has 2 aromatic rings. The van der Waals surface area contributed by atoms with E-state index in [9.17, 15) is 27.9 Å². The molecule has 0 saturated heterocycles. The Hall–Kier alpha value is -2.87. The third-order valence-electron chi connectivity index (χ3n) is 4.58. The maximum atomic E-state index is 12.7. The molecule has 0 aromatic heterocycles. The Balaban J connectivity index is 1.81. The molecule has 1 unspecified atom stereocenters. The van der Waals surface area contributed by atoms with Gasteiger partial charge in [0.05, 0.1) is 18.2 Å². The van der Waals surface area contributed by atoms with Gasteiger partial charge in [0.15, 0.2) is 0 Å². The average molecular weight is 378 g/mol. The summed E-state index contributed by atoms with van der Waals surface area (Å²) in [6, 6.07) is 8.67. The molecular formula is C19H17F3N2O3. The quantitative estimate of drug-likeness (QED) is 0.842. The highest BCUT2D eigenvalue weighted by Crippen LogP contribution is 2.30. The van der Waals surface area contributed by atoms with Gasteiger partial charge >= 0.3 is 6.18 Å². The van der Waals surface area contributed by atoms with Gasteiger partial charge in [0.2, 0.25) is 5.91 Å². The molecule has 0 radical (unpaired) electrons. The van der Waals surface area contributed by atoms with E-state index >= 15 is 0 Å². The van der Waals surface area contributed by atoms with Crippen molar-refractivity contribution in [2.45, 2.75) is 18.7 Å². The Bertz CT molecular complexity index is 879. The van der Waals surface area contributed by atoms with Crippen LogP contribution in [0.15, 0.2) is 42.5 Å². The molecule has 1 heterocycles. The van der Waals surface area contributed by atoms with Crippen molar-refractivity contribution in [3.63, 3.8) is 0 Å². The number of hydrogen-bond acceptors (Lipinski definition) is 3. The normalized spacial score (nSPS) is 17.2. The fourth-order valence-electron chi connectivity index (χ4n) is 3.12. The van der Waals surface area contributed by atoms with Gasteiger partial charge in [0.25, 0.3) is 5.91 Å². The molecule has 1 aliphatic heterocycles. The molecule has 1 aliphatic rings. The number of fused-ring (bicyclic) bond motifs is 1. The van der Waals surface area contributed by atoms with Gasteiger partial charge in [0.1, 0.15) is 0 Å². The summed E-state index contributed by atoms with van der Waals surface area (Å²) in [5.41, 5.74) is 6.17. The van der Waals surface area contributed by atoms with Crippen LogP contribution in [-0.4, -0.2) is 34.9 Å². The summed E-state index contributed by atoms with van der Waals surface area (Å²) in [5.74, 6) is -1.06. The van der Waals surface area contributed by atoms with E-state index in [4.69, 9.17) is 5.73 Å². The Labute approximate surface area is 153 Å². The predicted octanol–water partition coefficient (Wildman–Crippen LogP) is 2.54. The lowest BCUT2D eigenvalue weighted by Crippen LogP contribution is -2.34. The van der Waals surface area contributed by atoms with Crippen molar-refractivity contribution in [3.8, 4) is 0 Å². The van der Waals surface area contributed by atoms with Crippen molar-refractivity contribution in [1.29, 1.82) is 0 Å². The SMILES string of the molecule is NC(=O)c1ccc2c(c1)CCN(C(=O)c1ccc(C(F)(F)F)cc1)CC2O. The molecule has 0 bridgehead atoms. The number of β-amino-alcohol motifs (C(OH)–C–C–N with tert-alkyl or cyclic N) is 1. The third-order valence-corrected chi connectivity index (χ3v) is 4.58. The van der Waals surface area contributed by atoms with Crippen molar-refractivity contribution >= 4 is 11.8 Å². The summed E-state index contributed by atoms with van der Waals surface area (Å²) < 4.78 is 38.0. The molecule has 3 rings (SSSR count). The number of hydrogen-bond donors (Lipinski definition) is 2. The molecule has 2 aromatic carbocycles. The minimum Gasteiger partial charge on any atom is -0.387 e. The van der Waals surface area contributed by atoms with Gasteiger partial charge in [-0.15, -0.1) is 0 Å². The van der Waals surface area contributed by atoms with E-state index in [2.05, 4.69) is 0 Å². The van der Waals surface area contributed by atoms with Gasteiger partial charge in [-0.05, 0) is 53.9 Å². The number of nitrogens with two attached hydrogens (primary N) is 1. The Morgan fingerprint density at radius 2 is 1.70 bits per heavy atom. The van der Waals surface area contributed by atoms with Gasteiger partial charge in [-0.2, -0.15) is 13.2 Å². The maximum Gasteiger partial charge on any atom is 0.416 e. The standard InChI is InChI=1S/C19H17F3N2O3/c20-19(21,22)14-4-1-11(2-5-14)18(27)24-8-7-12-9-13(17(23)26)3-6-15(12)16(25)10-24/h1-6,9,16,25H,7-8,10H2,(H2,23,26). The number of halogens is 3. The van der Waals surface area contributed by atoms with E-state index in [1.54, 1.807) is 12.1 Å². The minimum atomic E-state index is -4.47. The van der Waals surface area contributed by atoms with Crippen LogP contribution in [0, 0.1) is 0 Å². The van der Waals surface area contributed by atoms with E-state index in [0.29, 0.717) is 23.1 Å². The second kappa shape index (κ2) is 7.03. The zero-order valence-corrected chi connectivity index (χ0v) is 14.2. The number of aliphatic hydroxyl groups excluding tert-OH is 1. The summed E-state index contributed by atoms with van der Waals surface area (Å²) in [6.07, 6.45) is -5.05. The number of benzene rings is 2. The minimum absolute atomic E-state index is 0.00275. The largest absolute Gasteiger partial charge is 0.416 e. The smallest absolute Gasteiger partial charge is 0.387 e. The summed E-state index contributed by atoms with van der Waals surface area (Å²) in [5, 5.41) is 10.4. The van der Waals surface area contributed by atoms with Crippen LogP contribution in [-0.2, 0) is 12.6 Å². The molecular weight excluding hydrogens is 361 g/mol. The Morgan fingerprint density at radius 3 is 2.30 bits per heavy atom. The van der Waals surface area contributed by atoms with E-state index in [-0.39, 0.29) is 18.7 Å². The van der Waals surface area contributed by atoms with Crippen LogP contribution in [0.3, 0.4) is 0 Å². The summed E-state index contributed by atoms with van der Waals surface area (Å²) in [7, 11) is 0. The fraction of sp³-hybridized carbons (Fsp3) is 0.263. The summed E-state index contributed by atoms with van der Waals surface area (Å²) in [6.45, 7) is 0.259. The fourth-order valence-corrected chi connectivity index (χ4v) is 3.12. The average Bonchev–Trinajstić information content (AvgIpc) is 2.79. The van der Waals surface area contributed by atoms with E-state index < -0.39 is 29.7 Å². The van der Waals surface area contributed by atoms with Crippen molar-refractivity contribution in [3.05, 3.63) is 70.3 Å². The summed E-state index contributed by atoms with van der Waals surface area (Å²) >= 11 is 0. The Morgan fingerprint density at radius 1 is 1.07 bits per heavy atom. The molecule has 5 nitrogen and oxygen atoms in total. The van der Waals surface area contributed by atoms with Crippen LogP contribution >= 0.6 is 0 Å². The van der Waals surface area contributed by atoms with Crippen molar-refractivity contribution in [2.75, 3.05) is 13.1 Å². The van der Waals surface area contributed by atoms with E-state index in [1.165, 1.54) is 11.0 Å². The summed E-state index contributed by atoms with van der Waals surface area (Å²) in [4.78, 5) is 25.4.